The van der Waals surface area contributed by atoms with Crippen molar-refractivity contribution in [1.82, 2.24) is 19.2 Å². The van der Waals surface area contributed by atoms with E-state index in [0.29, 0.717) is 32.5 Å². The Morgan fingerprint density at radius 3 is 1.93 bits per heavy atom. The molecule has 3 saturated carbocycles. The van der Waals surface area contributed by atoms with Crippen LogP contribution in [-0.2, 0) is 34.1 Å². The molecule has 5 aliphatic rings. The van der Waals surface area contributed by atoms with E-state index < -0.39 is 62.1 Å². The van der Waals surface area contributed by atoms with Crippen molar-refractivity contribution in [2.45, 2.75) is 152 Å². The van der Waals surface area contributed by atoms with Crippen molar-refractivity contribution in [3.63, 3.8) is 0 Å². The molecule has 12 nitrogen and oxygen atoms in total. The minimum atomic E-state index is -4.06. The number of amides is 3. The van der Waals surface area contributed by atoms with Crippen LogP contribution in [0.2, 0.25) is 0 Å². The Bertz CT molecular complexity index is 1670. The number of hydrogen-bond acceptors (Lipinski definition) is 8. The molecule has 2 heterocycles. The largest absolute Gasteiger partial charge is 0.444 e. The van der Waals surface area contributed by atoms with Crippen molar-refractivity contribution in [1.29, 1.82) is 0 Å². The Hall–Kier alpha value is -2.80. The predicted molar refractivity (Wildman–Crippen MR) is 206 cm³/mol. The second kappa shape index (κ2) is 13.7. The van der Waals surface area contributed by atoms with Crippen LogP contribution in [0.4, 0.5) is 4.79 Å². The molecule has 3 amide bonds. The normalized spacial score (nSPS) is 29.9. The van der Waals surface area contributed by atoms with Crippen LogP contribution in [0.1, 0.15) is 134 Å². The Morgan fingerprint density at radius 1 is 0.889 bits per heavy atom. The number of ether oxygens (including phenoxy) is 1. The summed E-state index contributed by atoms with van der Waals surface area (Å²) in [5, 5.41) is 2.77. The van der Waals surface area contributed by atoms with Gasteiger partial charge in [-0.2, -0.15) is 12.7 Å². The van der Waals surface area contributed by atoms with Gasteiger partial charge in [-0.1, -0.05) is 67.9 Å². The number of ketones is 2. The average molecular weight is 775 g/mol. The molecule has 0 aromatic rings. The zero-order valence-corrected chi connectivity index (χ0v) is 35.5. The molecule has 0 aromatic heterocycles. The molecule has 3 aliphatic carbocycles. The molecule has 6 atom stereocenters. The van der Waals surface area contributed by atoms with E-state index in [1.54, 1.807) is 31.7 Å². The van der Waals surface area contributed by atoms with Crippen molar-refractivity contribution in [3.8, 4) is 0 Å². The molecule has 0 unspecified atom stereocenters. The van der Waals surface area contributed by atoms with Crippen molar-refractivity contribution in [2.75, 3.05) is 19.6 Å². The number of nitrogens with one attached hydrogen (secondary N) is 2. The van der Waals surface area contributed by atoms with E-state index in [-0.39, 0.29) is 52.5 Å². The molecule has 0 bridgehead atoms. The molecule has 5 fully saturated rings. The topological polar surface area (TPSA) is 159 Å². The average Bonchev–Trinajstić information content (AvgIpc) is 3.47. The summed E-state index contributed by atoms with van der Waals surface area (Å²) >= 11 is 0. The van der Waals surface area contributed by atoms with E-state index in [1.165, 1.54) is 4.31 Å². The number of alkyl carbamates (subject to hydrolysis) is 1. The fourth-order valence-corrected chi connectivity index (χ4v) is 11.7. The van der Waals surface area contributed by atoms with E-state index in [4.69, 9.17) is 4.74 Å². The van der Waals surface area contributed by atoms with Crippen molar-refractivity contribution in [2.24, 2.45) is 44.3 Å². The van der Waals surface area contributed by atoms with E-state index in [0.717, 1.165) is 32.1 Å². The van der Waals surface area contributed by atoms with E-state index in [2.05, 4.69) is 30.5 Å². The molecule has 2 N–H and O–H groups in total. The molecule has 304 valence electrons. The van der Waals surface area contributed by atoms with Gasteiger partial charge in [0.05, 0.1) is 17.5 Å². The molecular formula is C41H66N4O8S. The van der Waals surface area contributed by atoms with Gasteiger partial charge >= 0.3 is 16.3 Å². The SMILES string of the molecule is C=C[C@@H]1C[C@]1(CC(=O)[C@@H]1C[C@@]2(CN1C(=O)[C@@H](CC(=O)[C@@H](NC(=O)OC(C)(C)C)C(C)(C)C)C(C)(C)C)C(C)(C)C21CCC1)C(=O)NS(=O)(=O)N1CCCC1. The van der Waals surface area contributed by atoms with Crippen molar-refractivity contribution < 1.29 is 37.1 Å². The van der Waals surface area contributed by atoms with Crippen LogP contribution >= 0.6 is 0 Å². The summed E-state index contributed by atoms with van der Waals surface area (Å²) < 4.78 is 35.3. The van der Waals surface area contributed by atoms with Crippen LogP contribution in [0.5, 0.6) is 0 Å². The first kappa shape index (κ1) is 42.3. The monoisotopic (exact) mass is 774 g/mol. The maximum absolute atomic E-state index is 15.1. The minimum absolute atomic E-state index is 0.0113. The number of Topliss-reactive ketones (excluding diaryl/α,β-unsaturated/α-hetero) is 2. The van der Waals surface area contributed by atoms with Crippen molar-refractivity contribution in [3.05, 3.63) is 12.7 Å². The van der Waals surface area contributed by atoms with Gasteiger partial charge in [-0.15, -0.1) is 6.58 Å². The first-order valence-electron chi connectivity index (χ1n) is 19.9. The van der Waals surface area contributed by atoms with Gasteiger partial charge in [0.1, 0.15) is 5.60 Å². The third kappa shape index (κ3) is 7.29. The van der Waals surface area contributed by atoms with Crippen LogP contribution < -0.4 is 10.0 Å². The number of carbonyl (C=O) groups is 5. The fraction of sp³-hybridized carbons (Fsp3) is 0.829. The fourth-order valence-electron chi connectivity index (χ4n) is 10.4. The highest BCUT2D eigenvalue weighted by Gasteiger charge is 2.85. The lowest BCUT2D eigenvalue weighted by molar-refractivity contribution is -0.147. The Balaban J connectivity index is 1.44. The lowest BCUT2D eigenvalue weighted by atomic mass is 9.73. The Morgan fingerprint density at radius 2 is 1.48 bits per heavy atom. The summed E-state index contributed by atoms with van der Waals surface area (Å²) in [6.45, 7) is 25.9. The molecular weight excluding hydrogens is 709 g/mol. The quantitative estimate of drug-likeness (QED) is 0.230. The van der Waals surface area contributed by atoms with Crippen LogP contribution in [0, 0.1) is 44.3 Å². The molecule has 2 spiro atoms. The number of hydrogen-bond donors (Lipinski definition) is 2. The maximum Gasteiger partial charge on any atom is 0.408 e. The standard InChI is InChI=1S/C41H66N4O8S/c1-13-26-22-39(26,33(49)43-54(51,52)44-19-14-15-20-44)24-30(47)28-23-41(38(11,12)40(41)17-16-18-40)25-45(28)32(48)27(35(2,3)4)21-29(46)31(36(5,6)7)42-34(50)53-37(8,9)10/h13,26-28,31H,1,14-25H2,2-12H3,(H,42,50)(H,43,49)/t26-,27-,28+,31-,39-,41-/m1/s1. The second-order valence-corrected chi connectivity index (χ2v) is 22.4. The van der Waals surface area contributed by atoms with Crippen LogP contribution in [0.3, 0.4) is 0 Å². The lowest BCUT2D eigenvalue weighted by Crippen LogP contribution is -2.53. The third-order valence-corrected chi connectivity index (χ3v) is 15.5. The number of rotatable bonds is 12. The summed E-state index contributed by atoms with van der Waals surface area (Å²) in [5.41, 5.74) is -3.80. The first-order chi connectivity index (χ1) is 24.6. The highest BCUT2D eigenvalue weighted by Crippen LogP contribution is 2.88. The van der Waals surface area contributed by atoms with Gasteiger partial charge in [-0.05, 0) is 86.9 Å². The number of fused-ring (bicyclic) bond motifs is 1. The molecule has 2 aliphatic heterocycles. The van der Waals surface area contributed by atoms with E-state index in [1.807, 2.05) is 41.5 Å². The Kier molecular flexibility index (Phi) is 10.7. The number of allylic oxidation sites excluding steroid dienone is 1. The zero-order valence-electron chi connectivity index (χ0n) is 34.6. The number of nitrogens with zero attached hydrogens (tertiary/aromatic N) is 2. The van der Waals surface area contributed by atoms with Gasteiger partial charge < -0.3 is 15.0 Å². The summed E-state index contributed by atoms with van der Waals surface area (Å²) in [7, 11) is -4.06. The van der Waals surface area contributed by atoms with Gasteiger partial charge in [0.15, 0.2) is 11.6 Å². The lowest BCUT2D eigenvalue weighted by Gasteiger charge is -2.37. The third-order valence-electron chi connectivity index (χ3n) is 14.1. The summed E-state index contributed by atoms with van der Waals surface area (Å²) in [5.74, 6) is -2.76. The summed E-state index contributed by atoms with van der Waals surface area (Å²) in [6, 6.07) is -1.77. The molecule has 13 heteroatoms. The minimum Gasteiger partial charge on any atom is -0.444 e. The van der Waals surface area contributed by atoms with Gasteiger partial charge in [0.2, 0.25) is 11.8 Å². The van der Waals surface area contributed by atoms with Gasteiger partial charge in [-0.25, -0.2) is 9.52 Å². The Labute approximate surface area is 323 Å². The van der Waals surface area contributed by atoms with Gasteiger partial charge in [0, 0.05) is 43.8 Å². The highest BCUT2D eigenvalue weighted by atomic mass is 32.2. The maximum atomic E-state index is 15.1. The molecule has 0 radical (unpaired) electrons. The smallest absolute Gasteiger partial charge is 0.408 e. The predicted octanol–water partition coefficient (Wildman–Crippen LogP) is 5.95. The van der Waals surface area contributed by atoms with Crippen LogP contribution in [0.25, 0.3) is 0 Å². The molecule has 54 heavy (non-hydrogen) atoms. The number of carbonyl (C=O) groups excluding carboxylic acids is 5. The van der Waals surface area contributed by atoms with E-state index >= 15 is 4.79 Å². The van der Waals surface area contributed by atoms with Gasteiger partial charge in [-0.3, -0.25) is 19.2 Å². The number of likely N-dealkylation sites (tertiary alicyclic amines) is 1. The zero-order chi connectivity index (χ0) is 40.7. The first-order valence-corrected chi connectivity index (χ1v) is 21.3. The van der Waals surface area contributed by atoms with Gasteiger partial charge in [0.25, 0.3) is 0 Å². The van der Waals surface area contributed by atoms with Crippen LogP contribution in [-0.4, -0.2) is 84.4 Å². The summed E-state index contributed by atoms with van der Waals surface area (Å²) in [4.78, 5) is 72.4. The second-order valence-electron chi connectivity index (χ2n) is 20.8. The molecule has 2 saturated heterocycles. The van der Waals surface area contributed by atoms with Crippen LogP contribution in [0.15, 0.2) is 12.7 Å². The van der Waals surface area contributed by atoms with E-state index in [9.17, 15) is 27.6 Å². The summed E-state index contributed by atoms with van der Waals surface area (Å²) in [6.07, 6.45) is 5.85. The molecule has 5 rings (SSSR count). The van der Waals surface area contributed by atoms with Crippen molar-refractivity contribution >= 4 is 39.7 Å². The molecule has 0 aromatic carbocycles. The highest BCUT2D eigenvalue weighted by molar-refractivity contribution is 7.87.